The molecule has 0 unspecified atom stereocenters. The highest BCUT2D eigenvalue weighted by atomic mass is 16.6. The lowest BCUT2D eigenvalue weighted by Crippen LogP contribution is -2.34. The maximum absolute atomic E-state index is 11.3. The molecule has 0 aliphatic carbocycles. The van der Waals surface area contributed by atoms with Crippen molar-refractivity contribution < 1.29 is 14.3 Å². The summed E-state index contributed by atoms with van der Waals surface area (Å²) in [6.07, 6.45) is 1.22. The fraction of sp³-hybridized carbons (Fsp3) is 0.538. The van der Waals surface area contributed by atoms with E-state index in [4.69, 9.17) is 9.47 Å². The number of nitrogens with one attached hydrogen (secondary N) is 1. The van der Waals surface area contributed by atoms with E-state index in [0.29, 0.717) is 18.9 Å². The van der Waals surface area contributed by atoms with Gasteiger partial charge in [-0.25, -0.2) is 4.79 Å². The average Bonchev–Trinajstić information content (AvgIpc) is 2.33. The molecule has 1 aromatic heterocycles. The van der Waals surface area contributed by atoms with Gasteiger partial charge in [-0.3, -0.25) is 4.98 Å². The van der Waals surface area contributed by atoms with Crippen molar-refractivity contribution in [1.29, 1.82) is 0 Å². The van der Waals surface area contributed by atoms with Gasteiger partial charge >= 0.3 is 6.09 Å². The van der Waals surface area contributed by atoms with Crippen molar-refractivity contribution in [2.45, 2.75) is 33.2 Å². The van der Waals surface area contributed by atoms with E-state index in [1.807, 2.05) is 47.0 Å². The molecule has 5 nitrogen and oxygen atoms in total. The Morgan fingerprint density at radius 3 is 2.68 bits per heavy atom. The number of rotatable bonds is 5. The maximum atomic E-state index is 11.3. The zero-order chi connectivity index (χ0) is 14.3. The fourth-order valence-electron chi connectivity index (χ4n) is 1.28. The molecule has 1 N–H and O–H groups in total. The Morgan fingerprint density at radius 2 is 2.16 bits per heavy atom. The molecular formula is C13H20BN2O3. The van der Waals surface area contributed by atoms with Gasteiger partial charge in [0, 0.05) is 0 Å². The standard InChI is InChI=1S/C13H20BN2O3/c1-13(2,3)19-12(17)15-7-8-18-10-5-6-11(14-4)16-9-10/h5-6,9H,7-8H2,1-4H3,(H,15,17). The molecule has 0 saturated carbocycles. The maximum Gasteiger partial charge on any atom is 0.407 e. The molecule has 0 fully saturated rings. The number of nitrogens with zero attached hydrogens (tertiary/aromatic N) is 1. The first-order valence-electron chi connectivity index (χ1n) is 6.26. The van der Waals surface area contributed by atoms with Crippen LogP contribution in [0, 0.1) is 0 Å². The molecule has 1 amide bonds. The number of carbonyl (C=O) groups excluding carboxylic acids is 1. The summed E-state index contributed by atoms with van der Waals surface area (Å²) in [7, 11) is 1.91. The molecule has 0 spiro atoms. The summed E-state index contributed by atoms with van der Waals surface area (Å²) in [6.45, 7) is 8.14. The van der Waals surface area contributed by atoms with Crippen LogP contribution < -0.4 is 15.6 Å². The average molecular weight is 263 g/mol. The second kappa shape index (κ2) is 7.02. The lowest BCUT2D eigenvalue weighted by atomic mass is 9.78. The molecule has 0 saturated heterocycles. The fourth-order valence-corrected chi connectivity index (χ4v) is 1.28. The van der Waals surface area contributed by atoms with Gasteiger partial charge in [-0.2, -0.15) is 0 Å². The molecule has 19 heavy (non-hydrogen) atoms. The molecule has 1 heterocycles. The monoisotopic (exact) mass is 263 g/mol. The van der Waals surface area contributed by atoms with Gasteiger partial charge < -0.3 is 14.8 Å². The molecule has 0 aromatic carbocycles. The molecule has 1 rings (SSSR count). The smallest absolute Gasteiger partial charge is 0.407 e. The molecule has 0 aliphatic rings. The summed E-state index contributed by atoms with van der Waals surface area (Å²) < 4.78 is 10.5. The number of amides is 1. The van der Waals surface area contributed by atoms with E-state index in [0.717, 1.165) is 5.59 Å². The third kappa shape index (κ3) is 6.69. The Balaban J connectivity index is 2.21. The van der Waals surface area contributed by atoms with E-state index in [1.54, 1.807) is 6.20 Å². The van der Waals surface area contributed by atoms with Gasteiger partial charge in [0.15, 0.2) is 7.28 Å². The van der Waals surface area contributed by atoms with Crippen LogP contribution in [0.5, 0.6) is 5.75 Å². The Hall–Kier alpha value is -1.72. The van der Waals surface area contributed by atoms with Gasteiger partial charge in [0.05, 0.1) is 12.7 Å². The van der Waals surface area contributed by atoms with E-state index in [9.17, 15) is 4.79 Å². The van der Waals surface area contributed by atoms with Gasteiger partial charge in [-0.1, -0.05) is 6.82 Å². The largest absolute Gasteiger partial charge is 0.490 e. The third-order valence-corrected chi connectivity index (χ3v) is 2.09. The highest BCUT2D eigenvalue weighted by Gasteiger charge is 2.15. The molecule has 0 atom stereocenters. The summed E-state index contributed by atoms with van der Waals surface area (Å²) in [5.41, 5.74) is 0.417. The zero-order valence-electron chi connectivity index (χ0n) is 11.9. The lowest BCUT2D eigenvalue weighted by molar-refractivity contribution is 0.0520. The second-order valence-electron chi connectivity index (χ2n) is 4.98. The number of hydrogen-bond acceptors (Lipinski definition) is 4. The number of pyridine rings is 1. The molecule has 6 heteroatoms. The predicted octanol–water partition coefficient (Wildman–Crippen LogP) is 1.36. The molecule has 1 radical (unpaired) electrons. The summed E-state index contributed by atoms with van der Waals surface area (Å²) in [5.74, 6) is 0.677. The Morgan fingerprint density at radius 1 is 1.42 bits per heavy atom. The Bertz CT molecular complexity index is 401. The van der Waals surface area contributed by atoms with Gasteiger partial charge in [0.2, 0.25) is 0 Å². The van der Waals surface area contributed by atoms with Crippen LogP contribution in [-0.4, -0.2) is 37.1 Å². The second-order valence-corrected chi connectivity index (χ2v) is 4.98. The van der Waals surface area contributed by atoms with E-state index >= 15 is 0 Å². The summed E-state index contributed by atoms with van der Waals surface area (Å²) in [5, 5.41) is 2.62. The number of hydrogen-bond donors (Lipinski definition) is 1. The lowest BCUT2D eigenvalue weighted by Gasteiger charge is -2.19. The van der Waals surface area contributed by atoms with Crippen LogP contribution in [0.3, 0.4) is 0 Å². The van der Waals surface area contributed by atoms with Crippen molar-refractivity contribution in [1.82, 2.24) is 10.3 Å². The minimum Gasteiger partial charge on any atom is -0.490 e. The normalized spacial score (nSPS) is 10.7. The van der Waals surface area contributed by atoms with Crippen molar-refractivity contribution in [3.63, 3.8) is 0 Å². The zero-order valence-corrected chi connectivity index (χ0v) is 11.9. The molecular weight excluding hydrogens is 243 g/mol. The molecule has 0 aliphatic heterocycles. The van der Waals surface area contributed by atoms with Crippen molar-refractivity contribution in [2.75, 3.05) is 13.2 Å². The van der Waals surface area contributed by atoms with Crippen molar-refractivity contribution in [2.24, 2.45) is 0 Å². The first kappa shape index (κ1) is 15.3. The van der Waals surface area contributed by atoms with Crippen LogP contribution in [0.15, 0.2) is 18.3 Å². The molecule has 0 bridgehead atoms. The highest BCUT2D eigenvalue weighted by molar-refractivity contribution is 6.50. The Kier molecular flexibility index (Phi) is 5.67. The number of ether oxygens (including phenoxy) is 2. The van der Waals surface area contributed by atoms with Crippen molar-refractivity contribution in [3.05, 3.63) is 18.3 Å². The van der Waals surface area contributed by atoms with Crippen molar-refractivity contribution in [3.8, 4) is 5.75 Å². The van der Waals surface area contributed by atoms with Crippen LogP contribution in [0.25, 0.3) is 0 Å². The summed E-state index contributed by atoms with van der Waals surface area (Å²) >= 11 is 0. The predicted molar refractivity (Wildman–Crippen MR) is 75.2 cm³/mol. The van der Waals surface area contributed by atoms with E-state index in [2.05, 4.69) is 10.3 Å². The van der Waals surface area contributed by atoms with Gasteiger partial charge in [-0.05, 0) is 38.5 Å². The van der Waals surface area contributed by atoms with E-state index in [-0.39, 0.29) is 0 Å². The van der Waals surface area contributed by atoms with Crippen LogP contribution in [0.1, 0.15) is 20.8 Å². The topological polar surface area (TPSA) is 60.5 Å². The summed E-state index contributed by atoms with van der Waals surface area (Å²) in [6, 6.07) is 3.71. The van der Waals surface area contributed by atoms with E-state index in [1.165, 1.54) is 0 Å². The minimum atomic E-state index is -0.485. The van der Waals surface area contributed by atoms with Gasteiger partial charge in [0.25, 0.3) is 0 Å². The number of aromatic nitrogens is 1. The van der Waals surface area contributed by atoms with Crippen LogP contribution in [0.2, 0.25) is 6.82 Å². The number of alkyl carbamates (subject to hydrolysis) is 1. The highest BCUT2D eigenvalue weighted by Crippen LogP contribution is 2.06. The molecule has 103 valence electrons. The third-order valence-electron chi connectivity index (χ3n) is 2.09. The van der Waals surface area contributed by atoms with Crippen LogP contribution in [-0.2, 0) is 4.74 Å². The first-order valence-corrected chi connectivity index (χ1v) is 6.26. The minimum absolute atomic E-state index is 0.371. The van der Waals surface area contributed by atoms with Gasteiger partial charge in [-0.15, -0.1) is 0 Å². The van der Waals surface area contributed by atoms with E-state index < -0.39 is 11.7 Å². The Labute approximate surface area is 114 Å². The first-order chi connectivity index (χ1) is 8.90. The quantitative estimate of drug-likeness (QED) is 0.643. The van der Waals surface area contributed by atoms with Gasteiger partial charge in [0.1, 0.15) is 18.0 Å². The summed E-state index contributed by atoms with van der Waals surface area (Å²) in [4.78, 5) is 15.5. The SMILES string of the molecule is C[B]c1ccc(OCCNC(=O)OC(C)(C)C)cn1. The van der Waals surface area contributed by atoms with Crippen molar-refractivity contribution >= 4 is 19.0 Å². The van der Waals surface area contributed by atoms with Crippen LogP contribution >= 0.6 is 0 Å². The number of carbonyl (C=O) groups is 1. The molecule has 1 aromatic rings. The van der Waals surface area contributed by atoms with Crippen LogP contribution in [0.4, 0.5) is 4.79 Å².